The summed E-state index contributed by atoms with van der Waals surface area (Å²) in [4.78, 5) is 0. The van der Waals surface area contributed by atoms with Crippen molar-refractivity contribution >= 4 is 13.2 Å². The Morgan fingerprint density at radius 3 is 1.96 bits per heavy atom. The predicted molar refractivity (Wildman–Crippen MR) is 110 cm³/mol. The molecule has 1 unspecified atom stereocenters. The Labute approximate surface area is 152 Å². The monoisotopic (exact) mass is 344 g/mol. The fourth-order valence-electron chi connectivity index (χ4n) is 4.51. The number of hydrogen-bond donors (Lipinski definition) is 0. The van der Waals surface area contributed by atoms with E-state index in [1.54, 1.807) is 5.30 Å². The van der Waals surface area contributed by atoms with Gasteiger partial charge in [0.2, 0.25) is 0 Å². The summed E-state index contributed by atoms with van der Waals surface area (Å²) in [6.07, 6.45) is 3.78. The van der Waals surface area contributed by atoms with Gasteiger partial charge in [0.15, 0.2) is 0 Å². The van der Waals surface area contributed by atoms with E-state index in [0.717, 1.165) is 0 Å². The molecule has 0 saturated carbocycles. The van der Waals surface area contributed by atoms with Gasteiger partial charge in [0.1, 0.15) is 0 Å². The summed E-state index contributed by atoms with van der Waals surface area (Å²) in [5, 5.41) is 1.84. The van der Waals surface area contributed by atoms with Crippen LogP contribution in [-0.2, 0) is 5.16 Å². The Bertz CT molecular complexity index is 797. The lowest BCUT2D eigenvalue weighted by atomic mass is 9.90. The van der Waals surface area contributed by atoms with Crippen LogP contribution in [0.15, 0.2) is 91.0 Å². The fraction of sp³-hybridized carbons (Fsp3) is 0.250. The summed E-state index contributed by atoms with van der Waals surface area (Å²) >= 11 is 0. The van der Waals surface area contributed by atoms with E-state index in [1.807, 2.05) is 0 Å². The Hall–Kier alpha value is -1.91. The molecule has 1 heteroatoms. The highest BCUT2D eigenvalue weighted by Crippen LogP contribution is 2.73. The van der Waals surface area contributed by atoms with Crippen molar-refractivity contribution in [3.05, 3.63) is 102 Å². The lowest BCUT2D eigenvalue weighted by molar-refractivity contribution is 0.556. The maximum Gasteiger partial charge on any atom is 0.0198 e. The van der Waals surface area contributed by atoms with Crippen molar-refractivity contribution in [1.29, 1.82) is 0 Å². The van der Waals surface area contributed by atoms with Gasteiger partial charge in [-0.3, -0.25) is 0 Å². The molecule has 1 saturated heterocycles. The third-order valence-corrected chi connectivity index (χ3v) is 9.47. The minimum absolute atomic E-state index is 0.290. The van der Waals surface area contributed by atoms with Crippen LogP contribution in [0.5, 0.6) is 0 Å². The first-order valence-electron chi connectivity index (χ1n) is 9.30. The molecule has 126 valence electrons. The molecule has 0 aromatic heterocycles. The van der Waals surface area contributed by atoms with Gasteiger partial charge in [0, 0.05) is 10.8 Å². The Kier molecular flexibility index (Phi) is 4.73. The topological polar surface area (TPSA) is 0 Å². The number of benzene rings is 3. The highest BCUT2D eigenvalue weighted by atomic mass is 31.1. The second-order valence-electron chi connectivity index (χ2n) is 6.92. The summed E-state index contributed by atoms with van der Waals surface area (Å²) in [6.45, 7) is 2.39. The van der Waals surface area contributed by atoms with E-state index < -0.39 is 0 Å². The molecular weight excluding hydrogens is 319 g/mol. The second-order valence-corrected chi connectivity index (χ2v) is 9.66. The predicted octanol–water partition coefficient (Wildman–Crippen LogP) is 6.63. The molecule has 3 atom stereocenters. The van der Waals surface area contributed by atoms with Crippen molar-refractivity contribution in [2.45, 2.75) is 37.0 Å². The largest absolute Gasteiger partial charge is 0.0642 e. The standard InChI is InChI=1S/C24H25P/c1-2-24(21-14-8-4-9-15-21)19-18-23(20-12-6-3-7-13-20)25(24)22-16-10-5-11-17-22/h3-17,23H,2,18-19H2,1H3/t23-,24+,25?/m0/s1. The van der Waals surface area contributed by atoms with Crippen molar-refractivity contribution < 1.29 is 0 Å². The molecule has 3 aromatic carbocycles. The van der Waals surface area contributed by atoms with E-state index >= 15 is 0 Å². The number of rotatable bonds is 4. The van der Waals surface area contributed by atoms with Crippen molar-refractivity contribution in [1.82, 2.24) is 0 Å². The van der Waals surface area contributed by atoms with Crippen molar-refractivity contribution in [2.75, 3.05) is 0 Å². The molecule has 0 N–H and O–H groups in total. The summed E-state index contributed by atoms with van der Waals surface area (Å²) in [5.41, 5.74) is 3.70. The van der Waals surface area contributed by atoms with Crippen LogP contribution in [0.3, 0.4) is 0 Å². The van der Waals surface area contributed by atoms with Gasteiger partial charge in [-0.1, -0.05) is 106 Å². The van der Waals surface area contributed by atoms with Gasteiger partial charge in [-0.05, 0) is 35.7 Å². The molecule has 3 aromatic rings. The van der Waals surface area contributed by atoms with Gasteiger partial charge < -0.3 is 0 Å². The van der Waals surface area contributed by atoms with Gasteiger partial charge >= 0.3 is 0 Å². The van der Waals surface area contributed by atoms with Gasteiger partial charge in [0.25, 0.3) is 0 Å². The zero-order chi connectivity index (χ0) is 17.1. The summed E-state index contributed by atoms with van der Waals surface area (Å²) in [6, 6.07) is 33.8. The van der Waals surface area contributed by atoms with Crippen LogP contribution in [0.2, 0.25) is 0 Å². The quantitative estimate of drug-likeness (QED) is 0.466. The molecule has 0 radical (unpaired) electrons. The highest BCUT2D eigenvalue weighted by molar-refractivity contribution is 7.67. The van der Waals surface area contributed by atoms with E-state index in [0.29, 0.717) is 10.8 Å². The molecule has 4 rings (SSSR count). The van der Waals surface area contributed by atoms with Crippen LogP contribution >= 0.6 is 7.92 Å². The van der Waals surface area contributed by atoms with Crippen LogP contribution < -0.4 is 5.30 Å². The van der Waals surface area contributed by atoms with Crippen LogP contribution in [0.25, 0.3) is 0 Å². The third-order valence-electron chi connectivity index (χ3n) is 5.72. The maximum atomic E-state index is 2.39. The van der Waals surface area contributed by atoms with E-state index in [1.165, 1.54) is 30.4 Å². The van der Waals surface area contributed by atoms with Gasteiger partial charge in [-0.2, -0.15) is 0 Å². The van der Waals surface area contributed by atoms with Crippen molar-refractivity contribution in [3.63, 3.8) is 0 Å². The van der Waals surface area contributed by atoms with Gasteiger partial charge in [-0.15, -0.1) is 0 Å². The molecule has 1 aliphatic heterocycles. The van der Waals surface area contributed by atoms with Crippen molar-refractivity contribution in [3.8, 4) is 0 Å². The summed E-state index contributed by atoms with van der Waals surface area (Å²) in [5.74, 6) is 0. The first-order chi connectivity index (χ1) is 12.3. The minimum Gasteiger partial charge on any atom is -0.0642 e. The Morgan fingerprint density at radius 1 is 0.800 bits per heavy atom. The summed E-state index contributed by atoms with van der Waals surface area (Å²) in [7, 11) is -0.304. The zero-order valence-electron chi connectivity index (χ0n) is 14.8. The maximum absolute atomic E-state index is 2.39. The summed E-state index contributed by atoms with van der Waals surface area (Å²) < 4.78 is 0. The Morgan fingerprint density at radius 2 is 1.36 bits per heavy atom. The fourth-order valence-corrected chi connectivity index (χ4v) is 8.45. The first-order valence-corrected chi connectivity index (χ1v) is 10.7. The van der Waals surface area contributed by atoms with Crippen LogP contribution in [-0.4, -0.2) is 0 Å². The average molecular weight is 344 g/mol. The molecule has 0 bridgehead atoms. The normalized spacial score (nSPS) is 25.8. The van der Waals surface area contributed by atoms with Crippen LogP contribution in [0, 0.1) is 0 Å². The molecule has 0 aliphatic carbocycles. The van der Waals surface area contributed by atoms with Gasteiger partial charge in [0.05, 0.1) is 0 Å². The van der Waals surface area contributed by atoms with E-state index in [9.17, 15) is 0 Å². The molecule has 0 spiro atoms. The zero-order valence-corrected chi connectivity index (χ0v) is 15.7. The van der Waals surface area contributed by atoms with E-state index in [-0.39, 0.29) is 7.92 Å². The SMILES string of the molecule is CC[C@]1(c2ccccc2)CC[C@@H](c2ccccc2)P1c1ccccc1. The van der Waals surface area contributed by atoms with Crippen LogP contribution in [0.4, 0.5) is 0 Å². The average Bonchev–Trinajstić information content (AvgIpc) is 3.11. The van der Waals surface area contributed by atoms with E-state index in [4.69, 9.17) is 0 Å². The van der Waals surface area contributed by atoms with Crippen molar-refractivity contribution in [2.24, 2.45) is 0 Å². The highest BCUT2D eigenvalue weighted by Gasteiger charge is 2.48. The molecule has 1 aliphatic rings. The molecule has 0 nitrogen and oxygen atoms in total. The first kappa shape index (κ1) is 16.6. The minimum atomic E-state index is -0.304. The van der Waals surface area contributed by atoms with Crippen LogP contribution in [0.1, 0.15) is 43.0 Å². The Balaban J connectivity index is 1.87. The molecule has 0 amide bonds. The van der Waals surface area contributed by atoms with E-state index in [2.05, 4.69) is 97.9 Å². The smallest absolute Gasteiger partial charge is 0.0198 e. The lowest BCUT2D eigenvalue weighted by Gasteiger charge is -2.38. The lowest BCUT2D eigenvalue weighted by Crippen LogP contribution is -2.24. The van der Waals surface area contributed by atoms with Gasteiger partial charge in [-0.25, -0.2) is 0 Å². The second kappa shape index (κ2) is 7.14. The third kappa shape index (κ3) is 2.94. The molecular formula is C24H25P. The molecule has 25 heavy (non-hydrogen) atoms. The molecule has 1 heterocycles. The molecule has 1 fully saturated rings. The number of hydrogen-bond acceptors (Lipinski definition) is 0.